The number of fused-ring (bicyclic) bond motifs is 1. The summed E-state index contributed by atoms with van der Waals surface area (Å²) in [7, 11) is 1.88. The van der Waals surface area contributed by atoms with Gasteiger partial charge in [-0.15, -0.1) is 0 Å². The van der Waals surface area contributed by atoms with E-state index < -0.39 is 0 Å². The van der Waals surface area contributed by atoms with Crippen LogP contribution < -0.4 is 5.73 Å². The van der Waals surface area contributed by atoms with Gasteiger partial charge in [0, 0.05) is 42.4 Å². The molecule has 0 bridgehead atoms. The van der Waals surface area contributed by atoms with Crippen molar-refractivity contribution in [1.82, 2.24) is 14.8 Å². The average molecular weight is 280 g/mol. The molecule has 0 aliphatic heterocycles. The number of carbonyl (C=O) groups is 1. The van der Waals surface area contributed by atoms with Gasteiger partial charge in [0.1, 0.15) is 0 Å². The number of aryl methyl sites for hydroxylation is 1. The fourth-order valence-electron chi connectivity index (χ4n) is 2.32. The summed E-state index contributed by atoms with van der Waals surface area (Å²) in [5.74, 6) is 0.0331. The second-order valence-corrected chi connectivity index (χ2v) is 5.07. The summed E-state index contributed by atoms with van der Waals surface area (Å²) >= 11 is 0. The van der Waals surface area contributed by atoms with Crippen LogP contribution in [0, 0.1) is 0 Å². The van der Waals surface area contributed by atoms with Gasteiger partial charge in [0.05, 0.1) is 18.3 Å². The number of aromatic nitrogens is 3. The van der Waals surface area contributed by atoms with Crippen LogP contribution in [-0.2, 0) is 18.3 Å². The van der Waals surface area contributed by atoms with Gasteiger partial charge in [0.2, 0.25) is 0 Å². The van der Waals surface area contributed by atoms with Crippen molar-refractivity contribution in [2.24, 2.45) is 12.8 Å². The van der Waals surface area contributed by atoms with Crippen LogP contribution >= 0.6 is 0 Å². The Morgan fingerprint density at radius 3 is 2.81 bits per heavy atom. The van der Waals surface area contributed by atoms with E-state index in [1.54, 1.807) is 4.68 Å². The Balaban J connectivity index is 2.00. The Morgan fingerprint density at radius 1 is 1.24 bits per heavy atom. The molecule has 0 aliphatic carbocycles. The summed E-state index contributed by atoms with van der Waals surface area (Å²) in [5.41, 5.74) is 9.27. The highest BCUT2D eigenvalue weighted by Crippen LogP contribution is 2.23. The Bertz CT molecular complexity index is 807. The number of hydrogen-bond donors (Lipinski definition) is 1. The molecule has 2 heterocycles. The van der Waals surface area contributed by atoms with Crippen LogP contribution in [0.2, 0.25) is 0 Å². The van der Waals surface area contributed by atoms with Crippen molar-refractivity contribution in [2.75, 3.05) is 6.54 Å². The van der Waals surface area contributed by atoms with E-state index in [1.807, 2.05) is 43.8 Å². The van der Waals surface area contributed by atoms with Crippen LogP contribution in [0.1, 0.15) is 5.56 Å². The number of rotatable bonds is 4. The Hall–Kier alpha value is -2.53. The molecule has 0 fully saturated rings. The molecule has 0 radical (unpaired) electrons. The molecule has 5 heteroatoms. The third-order valence-electron chi connectivity index (χ3n) is 3.41. The third kappa shape index (κ3) is 2.83. The molecule has 0 spiro atoms. The smallest absolute Gasteiger partial charge is 0.150 e. The molecule has 21 heavy (non-hydrogen) atoms. The highest BCUT2D eigenvalue weighted by molar-refractivity contribution is 5.87. The number of hydrogen-bond acceptors (Lipinski definition) is 4. The Kier molecular flexibility index (Phi) is 3.50. The maximum absolute atomic E-state index is 11.5. The van der Waals surface area contributed by atoms with Crippen molar-refractivity contribution in [2.45, 2.75) is 6.42 Å². The first-order valence-electron chi connectivity index (χ1n) is 6.75. The topological polar surface area (TPSA) is 73.8 Å². The van der Waals surface area contributed by atoms with Crippen molar-refractivity contribution >= 4 is 16.7 Å². The van der Waals surface area contributed by atoms with Gasteiger partial charge in [-0.1, -0.05) is 6.07 Å². The van der Waals surface area contributed by atoms with E-state index in [9.17, 15) is 4.79 Å². The lowest BCUT2D eigenvalue weighted by molar-refractivity contribution is -0.117. The minimum absolute atomic E-state index is 0.0331. The summed E-state index contributed by atoms with van der Waals surface area (Å²) in [4.78, 5) is 15.9. The first-order valence-corrected chi connectivity index (χ1v) is 6.75. The number of ketones is 1. The zero-order valence-corrected chi connectivity index (χ0v) is 11.8. The summed E-state index contributed by atoms with van der Waals surface area (Å²) < 4.78 is 1.76. The molecule has 0 saturated heterocycles. The zero-order valence-electron chi connectivity index (χ0n) is 11.8. The second-order valence-electron chi connectivity index (χ2n) is 5.07. The number of nitrogens with two attached hydrogens (primary N) is 1. The average Bonchev–Trinajstić information content (AvgIpc) is 2.93. The van der Waals surface area contributed by atoms with E-state index in [-0.39, 0.29) is 12.3 Å². The molecule has 0 atom stereocenters. The molecule has 0 unspecified atom stereocenters. The summed E-state index contributed by atoms with van der Waals surface area (Å²) in [5, 5.41) is 5.18. The van der Waals surface area contributed by atoms with E-state index in [0.717, 1.165) is 27.6 Å². The minimum atomic E-state index is 0.0331. The van der Waals surface area contributed by atoms with E-state index in [4.69, 9.17) is 5.73 Å². The van der Waals surface area contributed by atoms with Gasteiger partial charge in [-0.3, -0.25) is 14.5 Å². The Labute approximate surface area is 122 Å². The highest BCUT2D eigenvalue weighted by Gasteiger charge is 2.06. The van der Waals surface area contributed by atoms with Gasteiger partial charge < -0.3 is 5.73 Å². The summed E-state index contributed by atoms with van der Waals surface area (Å²) in [6.07, 6.45) is 5.96. The Morgan fingerprint density at radius 2 is 2.10 bits per heavy atom. The van der Waals surface area contributed by atoms with Crippen LogP contribution in [0.3, 0.4) is 0 Å². The molecule has 0 aliphatic rings. The van der Waals surface area contributed by atoms with Crippen molar-refractivity contribution in [1.29, 1.82) is 0 Å². The van der Waals surface area contributed by atoms with Crippen molar-refractivity contribution < 1.29 is 4.79 Å². The fourth-order valence-corrected chi connectivity index (χ4v) is 2.32. The van der Waals surface area contributed by atoms with Crippen molar-refractivity contribution in [3.05, 3.63) is 48.4 Å². The normalized spacial score (nSPS) is 11.0. The number of pyridine rings is 1. The lowest BCUT2D eigenvalue weighted by atomic mass is 10.0. The quantitative estimate of drug-likeness (QED) is 0.789. The fraction of sp³-hybridized carbons (Fsp3) is 0.188. The van der Waals surface area contributed by atoms with E-state index in [2.05, 4.69) is 16.1 Å². The molecule has 2 aromatic heterocycles. The summed E-state index contributed by atoms with van der Waals surface area (Å²) in [6.45, 7) is 0.0754. The molecule has 5 nitrogen and oxygen atoms in total. The third-order valence-corrected chi connectivity index (χ3v) is 3.41. The highest BCUT2D eigenvalue weighted by atomic mass is 16.1. The van der Waals surface area contributed by atoms with Crippen LogP contribution in [0.15, 0.2) is 42.9 Å². The molecular weight excluding hydrogens is 264 g/mol. The number of benzene rings is 1. The molecule has 3 rings (SSSR count). The van der Waals surface area contributed by atoms with Crippen LogP contribution in [0.5, 0.6) is 0 Å². The molecule has 0 amide bonds. The predicted octanol–water partition coefficient (Wildman–Crippen LogP) is 1.71. The van der Waals surface area contributed by atoms with E-state index >= 15 is 0 Å². The lowest BCUT2D eigenvalue weighted by Crippen LogP contribution is -2.15. The molecule has 3 aromatic rings. The van der Waals surface area contributed by atoms with E-state index in [1.165, 1.54) is 0 Å². The maximum Gasteiger partial charge on any atom is 0.150 e. The van der Waals surface area contributed by atoms with Gasteiger partial charge in [-0.2, -0.15) is 5.10 Å². The van der Waals surface area contributed by atoms with Gasteiger partial charge in [-0.25, -0.2) is 0 Å². The minimum Gasteiger partial charge on any atom is -0.324 e. The molecule has 2 N–H and O–H groups in total. The van der Waals surface area contributed by atoms with Gasteiger partial charge in [-0.05, 0) is 23.8 Å². The van der Waals surface area contributed by atoms with Gasteiger partial charge in [0.25, 0.3) is 0 Å². The van der Waals surface area contributed by atoms with Crippen LogP contribution in [0.25, 0.3) is 22.0 Å². The van der Waals surface area contributed by atoms with Gasteiger partial charge in [0.15, 0.2) is 5.78 Å². The first-order chi connectivity index (χ1) is 10.2. The van der Waals surface area contributed by atoms with Crippen LogP contribution in [0.4, 0.5) is 0 Å². The molecule has 0 saturated carbocycles. The van der Waals surface area contributed by atoms with E-state index in [0.29, 0.717) is 6.42 Å². The first kappa shape index (κ1) is 13.5. The number of nitrogens with zero attached hydrogens (tertiary/aromatic N) is 3. The monoisotopic (exact) mass is 280 g/mol. The molecular formula is C16H16N4O. The molecule has 106 valence electrons. The van der Waals surface area contributed by atoms with Crippen molar-refractivity contribution in [3.8, 4) is 11.1 Å². The second kappa shape index (κ2) is 5.46. The predicted molar refractivity (Wildman–Crippen MR) is 81.7 cm³/mol. The largest absolute Gasteiger partial charge is 0.324 e. The molecule has 1 aromatic carbocycles. The number of Topliss-reactive ketones (excluding diaryl/α,β-unsaturated/α-hetero) is 1. The van der Waals surface area contributed by atoms with Crippen LogP contribution in [-0.4, -0.2) is 27.1 Å². The van der Waals surface area contributed by atoms with Crippen molar-refractivity contribution in [3.63, 3.8) is 0 Å². The number of carbonyl (C=O) groups excluding carboxylic acids is 1. The lowest BCUT2D eigenvalue weighted by Gasteiger charge is -2.04. The maximum atomic E-state index is 11.5. The standard InChI is InChI=1S/C16H16N4O/c1-20-10-14(9-19-20)13-6-12-4-11(5-15(21)7-17)2-3-16(12)18-8-13/h2-4,6,8-10H,5,7,17H2,1H3. The van der Waals surface area contributed by atoms with Gasteiger partial charge >= 0.3 is 0 Å². The summed E-state index contributed by atoms with van der Waals surface area (Å²) in [6, 6.07) is 7.92. The zero-order chi connectivity index (χ0) is 14.8. The SMILES string of the molecule is Cn1cc(-c2cnc3ccc(CC(=O)CN)cc3c2)cn1.